The molecule has 1 amide bonds. The van der Waals surface area contributed by atoms with Crippen molar-refractivity contribution in [3.63, 3.8) is 0 Å². The minimum atomic E-state index is -0.179. The van der Waals surface area contributed by atoms with Crippen molar-refractivity contribution >= 4 is 28.8 Å². The van der Waals surface area contributed by atoms with E-state index >= 15 is 0 Å². The van der Waals surface area contributed by atoms with Gasteiger partial charge in [-0.2, -0.15) is 0 Å². The van der Waals surface area contributed by atoms with Crippen molar-refractivity contribution in [3.8, 4) is 0 Å². The Morgan fingerprint density at radius 1 is 1.39 bits per heavy atom. The summed E-state index contributed by atoms with van der Waals surface area (Å²) in [5.74, 6) is 0.554. The van der Waals surface area contributed by atoms with Crippen molar-refractivity contribution in [2.24, 2.45) is 0 Å². The Morgan fingerprint density at radius 3 is 2.67 bits per heavy atom. The molecule has 1 N–H and O–H groups in total. The number of nitrogens with zero attached hydrogens (tertiary/aromatic N) is 2. The van der Waals surface area contributed by atoms with Crippen LogP contribution in [0.25, 0.3) is 0 Å². The maximum absolute atomic E-state index is 11.8. The molecule has 0 fully saturated rings. The highest BCUT2D eigenvalue weighted by molar-refractivity contribution is 7.16. The number of thiophene rings is 1. The van der Waals surface area contributed by atoms with Crippen molar-refractivity contribution in [2.75, 3.05) is 0 Å². The van der Waals surface area contributed by atoms with Crippen LogP contribution in [0.4, 0.5) is 0 Å². The third-order valence-corrected chi connectivity index (χ3v) is 3.57. The molecule has 0 spiro atoms. The van der Waals surface area contributed by atoms with Crippen molar-refractivity contribution in [3.05, 3.63) is 45.1 Å². The molecule has 0 radical (unpaired) electrons. The molecular formula is C12H12ClN3OS. The molecule has 2 aromatic heterocycles. The van der Waals surface area contributed by atoms with Gasteiger partial charge in [-0.25, -0.2) is 9.97 Å². The number of carbonyl (C=O) groups is 1. The molecule has 2 heterocycles. The van der Waals surface area contributed by atoms with Gasteiger partial charge in [0.2, 0.25) is 0 Å². The van der Waals surface area contributed by atoms with Crippen molar-refractivity contribution in [1.29, 1.82) is 0 Å². The van der Waals surface area contributed by atoms with E-state index in [0.717, 1.165) is 21.5 Å². The Labute approximate surface area is 114 Å². The Bertz CT molecular complexity index is 539. The number of rotatable bonds is 4. The average Bonchev–Trinajstić information content (AvgIpc) is 2.82. The molecule has 0 aliphatic heterocycles. The first-order valence-corrected chi connectivity index (χ1v) is 6.72. The smallest absolute Gasteiger partial charge is 0.254 e. The van der Waals surface area contributed by atoms with E-state index in [-0.39, 0.29) is 5.91 Å². The highest BCUT2D eigenvalue weighted by atomic mass is 35.5. The quantitative estimate of drug-likeness (QED) is 0.937. The number of amides is 1. The summed E-state index contributed by atoms with van der Waals surface area (Å²) < 4.78 is 0.717. The van der Waals surface area contributed by atoms with Crippen LogP contribution in [0.2, 0.25) is 4.34 Å². The third kappa shape index (κ3) is 3.27. The summed E-state index contributed by atoms with van der Waals surface area (Å²) in [6, 6.07) is 3.71. The Balaban J connectivity index is 1.94. The summed E-state index contributed by atoms with van der Waals surface area (Å²) in [5.41, 5.74) is 0.467. The first-order valence-electron chi connectivity index (χ1n) is 5.52. The summed E-state index contributed by atoms with van der Waals surface area (Å²) in [6.07, 6.45) is 3.85. The lowest BCUT2D eigenvalue weighted by Crippen LogP contribution is -2.22. The fourth-order valence-electron chi connectivity index (χ4n) is 1.37. The fourth-order valence-corrected chi connectivity index (χ4v) is 2.40. The lowest BCUT2D eigenvalue weighted by Gasteiger charge is -2.03. The number of hydrogen-bond acceptors (Lipinski definition) is 4. The average molecular weight is 282 g/mol. The summed E-state index contributed by atoms with van der Waals surface area (Å²) in [7, 11) is 0. The molecule has 0 unspecified atom stereocenters. The lowest BCUT2D eigenvalue weighted by molar-refractivity contribution is 0.0950. The normalized spacial score (nSPS) is 10.3. The van der Waals surface area contributed by atoms with E-state index in [1.54, 1.807) is 12.4 Å². The van der Waals surface area contributed by atoms with Crippen molar-refractivity contribution < 1.29 is 4.79 Å². The second-order valence-electron chi connectivity index (χ2n) is 3.63. The van der Waals surface area contributed by atoms with Crippen LogP contribution in [0.1, 0.15) is 28.0 Å². The maximum Gasteiger partial charge on any atom is 0.254 e. The highest BCUT2D eigenvalue weighted by Crippen LogP contribution is 2.21. The molecule has 6 heteroatoms. The molecule has 4 nitrogen and oxygen atoms in total. The first kappa shape index (κ1) is 13.0. The van der Waals surface area contributed by atoms with Gasteiger partial charge in [-0.3, -0.25) is 4.79 Å². The van der Waals surface area contributed by atoms with Crippen LogP contribution in [0.3, 0.4) is 0 Å². The van der Waals surface area contributed by atoms with Gasteiger partial charge in [-0.15, -0.1) is 11.3 Å². The first-order chi connectivity index (χ1) is 8.69. The molecule has 0 atom stereocenters. The molecule has 0 saturated carbocycles. The van der Waals surface area contributed by atoms with E-state index in [0.29, 0.717) is 12.1 Å². The molecule has 2 aromatic rings. The highest BCUT2D eigenvalue weighted by Gasteiger charge is 2.07. The van der Waals surface area contributed by atoms with E-state index in [1.807, 2.05) is 19.1 Å². The predicted molar refractivity (Wildman–Crippen MR) is 71.9 cm³/mol. The van der Waals surface area contributed by atoms with Gasteiger partial charge in [-0.1, -0.05) is 18.5 Å². The van der Waals surface area contributed by atoms with Gasteiger partial charge in [0, 0.05) is 23.7 Å². The minimum Gasteiger partial charge on any atom is -0.347 e. The molecule has 0 bridgehead atoms. The number of halogens is 1. The lowest BCUT2D eigenvalue weighted by atomic mass is 10.3. The van der Waals surface area contributed by atoms with E-state index in [9.17, 15) is 4.79 Å². The number of aromatic nitrogens is 2. The third-order valence-electron chi connectivity index (χ3n) is 2.34. The van der Waals surface area contributed by atoms with Crippen molar-refractivity contribution in [2.45, 2.75) is 19.9 Å². The minimum absolute atomic E-state index is 0.179. The van der Waals surface area contributed by atoms with Crippen LogP contribution < -0.4 is 5.32 Å². The zero-order chi connectivity index (χ0) is 13.0. The zero-order valence-electron chi connectivity index (χ0n) is 9.81. The second-order valence-corrected chi connectivity index (χ2v) is 5.43. The molecule has 18 heavy (non-hydrogen) atoms. The van der Waals surface area contributed by atoms with Gasteiger partial charge < -0.3 is 5.32 Å². The Hall–Kier alpha value is -1.46. The van der Waals surface area contributed by atoms with E-state index in [2.05, 4.69) is 15.3 Å². The van der Waals surface area contributed by atoms with E-state index in [1.165, 1.54) is 11.3 Å². The number of nitrogens with one attached hydrogen (secondary N) is 1. The van der Waals surface area contributed by atoms with Gasteiger partial charge in [0.05, 0.1) is 16.4 Å². The fraction of sp³-hybridized carbons (Fsp3) is 0.250. The van der Waals surface area contributed by atoms with Crippen molar-refractivity contribution in [1.82, 2.24) is 15.3 Å². The molecule has 0 aliphatic rings. The molecular weight excluding hydrogens is 270 g/mol. The summed E-state index contributed by atoms with van der Waals surface area (Å²) >= 11 is 7.26. The van der Waals surface area contributed by atoms with Gasteiger partial charge in [0.1, 0.15) is 5.82 Å². The van der Waals surface area contributed by atoms with Crippen LogP contribution in [0.15, 0.2) is 24.5 Å². The van der Waals surface area contributed by atoms with Gasteiger partial charge >= 0.3 is 0 Å². The molecule has 0 aromatic carbocycles. The number of hydrogen-bond donors (Lipinski definition) is 1. The van der Waals surface area contributed by atoms with Gasteiger partial charge in [-0.05, 0) is 12.1 Å². The molecule has 0 aliphatic carbocycles. The maximum atomic E-state index is 11.8. The monoisotopic (exact) mass is 281 g/mol. The standard InChI is InChI=1S/C12H12ClN3OS/c1-2-11-14-5-8(6-15-11)12(17)16-7-9-3-4-10(13)18-9/h3-6H,2,7H2,1H3,(H,16,17). The zero-order valence-corrected chi connectivity index (χ0v) is 11.4. The molecule has 0 saturated heterocycles. The molecule has 2 rings (SSSR count). The van der Waals surface area contributed by atoms with Crippen LogP contribution in [0, 0.1) is 0 Å². The summed E-state index contributed by atoms with van der Waals surface area (Å²) in [4.78, 5) is 21.0. The summed E-state index contributed by atoms with van der Waals surface area (Å²) in [6.45, 7) is 2.43. The van der Waals surface area contributed by atoms with E-state index in [4.69, 9.17) is 11.6 Å². The predicted octanol–water partition coefficient (Wildman–Crippen LogP) is 2.68. The summed E-state index contributed by atoms with van der Waals surface area (Å²) in [5, 5.41) is 2.80. The van der Waals surface area contributed by atoms with E-state index < -0.39 is 0 Å². The number of carbonyl (C=O) groups excluding carboxylic acids is 1. The Kier molecular flexibility index (Phi) is 4.28. The SMILES string of the molecule is CCc1ncc(C(=O)NCc2ccc(Cl)s2)cn1. The topological polar surface area (TPSA) is 54.9 Å². The van der Waals surface area contributed by atoms with Crippen LogP contribution in [0.5, 0.6) is 0 Å². The second kappa shape index (κ2) is 5.93. The Morgan fingerprint density at radius 2 is 2.11 bits per heavy atom. The van der Waals surface area contributed by atoms with Crippen LogP contribution >= 0.6 is 22.9 Å². The van der Waals surface area contributed by atoms with Gasteiger partial charge in [0.25, 0.3) is 5.91 Å². The molecule has 94 valence electrons. The van der Waals surface area contributed by atoms with Gasteiger partial charge in [0.15, 0.2) is 0 Å². The van der Waals surface area contributed by atoms with Crippen LogP contribution in [-0.2, 0) is 13.0 Å². The number of aryl methyl sites for hydroxylation is 1. The van der Waals surface area contributed by atoms with Crippen LogP contribution in [-0.4, -0.2) is 15.9 Å². The largest absolute Gasteiger partial charge is 0.347 e.